The summed E-state index contributed by atoms with van der Waals surface area (Å²) in [4.78, 5) is 12.9. The topological polar surface area (TPSA) is 26.3 Å². The molecule has 0 saturated heterocycles. The van der Waals surface area contributed by atoms with E-state index in [1.807, 2.05) is 0 Å². The Bertz CT molecular complexity index is 1040. The van der Waals surface area contributed by atoms with Crippen LogP contribution in [-0.2, 0) is 9.53 Å². The Kier molecular flexibility index (Phi) is 18.7. The molecule has 8 atom stereocenters. The van der Waals surface area contributed by atoms with Crippen molar-refractivity contribution in [2.45, 2.75) is 234 Å². The molecule has 294 valence electrons. The molecular weight excluding hydrogens is 621 g/mol. The third-order valence-corrected chi connectivity index (χ3v) is 15.2. The fourth-order valence-corrected chi connectivity index (χ4v) is 12.0. The smallest absolute Gasteiger partial charge is 0.306 e. The van der Waals surface area contributed by atoms with Gasteiger partial charge in [0.1, 0.15) is 6.10 Å². The number of carbonyl (C=O) groups excluding carboxylic acids is 1. The van der Waals surface area contributed by atoms with Crippen molar-refractivity contribution in [2.24, 2.45) is 46.3 Å². The molecule has 4 aliphatic carbocycles. The van der Waals surface area contributed by atoms with Crippen LogP contribution in [0.1, 0.15) is 228 Å². The lowest BCUT2D eigenvalue weighted by Crippen LogP contribution is -2.51. The van der Waals surface area contributed by atoms with Crippen LogP contribution in [0.4, 0.5) is 0 Å². The summed E-state index contributed by atoms with van der Waals surface area (Å²) >= 11 is 0. The highest BCUT2D eigenvalue weighted by atomic mass is 16.5. The van der Waals surface area contributed by atoms with Gasteiger partial charge in [0.2, 0.25) is 0 Å². The fraction of sp³-hybridized carbons (Fsp3) is 0.898. The summed E-state index contributed by atoms with van der Waals surface area (Å²) in [5.74, 6) is 5.32. The van der Waals surface area contributed by atoms with Crippen LogP contribution in [0, 0.1) is 46.3 Å². The fourth-order valence-electron chi connectivity index (χ4n) is 12.0. The van der Waals surface area contributed by atoms with Gasteiger partial charge in [-0.2, -0.15) is 0 Å². The standard InChI is InChI=1S/C49H86O2/c1-7-8-9-10-11-12-13-14-15-16-17-18-19-20-21-22-23-24-25-29-47(50)51-42-34-36-48(5)41(38-42)30-31-43-45-33-32-44(40(4)28-26-27-39(2)3)49(45,6)37-35-46(43)48/h14-15,30,39-40,42-46H,7-13,16-29,31-38H2,1-6H3/b15-14+/t40-,42+,43+,44-,45+,46+,48-,49+/m1/s1. The van der Waals surface area contributed by atoms with E-state index in [0.29, 0.717) is 17.3 Å². The summed E-state index contributed by atoms with van der Waals surface area (Å²) in [5.41, 5.74) is 2.53. The van der Waals surface area contributed by atoms with E-state index < -0.39 is 0 Å². The summed E-state index contributed by atoms with van der Waals surface area (Å²) < 4.78 is 6.15. The Balaban J connectivity index is 1.04. The van der Waals surface area contributed by atoms with Crippen LogP contribution < -0.4 is 0 Å². The van der Waals surface area contributed by atoms with Gasteiger partial charge in [0.25, 0.3) is 0 Å². The Morgan fingerprint density at radius 2 is 1.37 bits per heavy atom. The molecule has 0 radical (unpaired) electrons. The van der Waals surface area contributed by atoms with Crippen LogP contribution in [0.5, 0.6) is 0 Å². The number of hydrogen-bond donors (Lipinski definition) is 0. The predicted octanol–water partition coefficient (Wildman–Crippen LogP) is 15.5. The molecule has 0 aromatic carbocycles. The van der Waals surface area contributed by atoms with Crippen molar-refractivity contribution in [1.82, 2.24) is 0 Å². The second kappa shape index (κ2) is 22.4. The lowest BCUT2D eigenvalue weighted by molar-refractivity contribution is -0.151. The lowest BCUT2D eigenvalue weighted by atomic mass is 9.47. The number of fused-ring (bicyclic) bond motifs is 5. The van der Waals surface area contributed by atoms with Crippen LogP contribution >= 0.6 is 0 Å². The van der Waals surface area contributed by atoms with Crippen molar-refractivity contribution in [2.75, 3.05) is 0 Å². The van der Waals surface area contributed by atoms with Crippen LogP contribution in [0.2, 0.25) is 0 Å². The molecule has 2 heteroatoms. The van der Waals surface area contributed by atoms with Crippen LogP contribution in [0.15, 0.2) is 23.8 Å². The third kappa shape index (κ3) is 12.8. The van der Waals surface area contributed by atoms with Crippen LogP contribution in [0.3, 0.4) is 0 Å². The van der Waals surface area contributed by atoms with E-state index >= 15 is 0 Å². The number of ether oxygens (including phenoxy) is 1. The molecule has 0 unspecified atom stereocenters. The largest absolute Gasteiger partial charge is 0.462 e. The van der Waals surface area contributed by atoms with Crippen molar-refractivity contribution in [3.8, 4) is 0 Å². The number of carbonyl (C=O) groups is 1. The zero-order chi connectivity index (χ0) is 36.5. The van der Waals surface area contributed by atoms with Crippen LogP contribution in [0.25, 0.3) is 0 Å². The summed E-state index contributed by atoms with van der Waals surface area (Å²) in [5, 5.41) is 0. The molecule has 3 saturated carbocycles. The highest BCUT2D eigenvalue weighted by Gasteiger charge is 2.59. The summed E-state index contributed by atoms with van der Waals surface area (Å²) in [7, 11) is 0. The molecule has 51 heavy (non-hydrogen) atoms. The summed E-state index contributed by atoms with van der Waals surface area (Å²) in [6.07, 6.45) is 45.4. The van der Waals surface area contributed by atoms with Gasteiger partial charge in [-0.3, -0.25) is 4.79 Å². The quantitative estimate of drug-likeness (QED) is 0.0537. The first-order valence-corrected chi connectivity index (χ1v) is 23.2. The van der Waals surface area contributed by atoms with Crippen molar-refractivity contribution < 1.29 is 9.53 Å². The maximum absolute atomic E-state index is 12.9. The molecule has 0 amide bonds. The van der Waals surface area contributed by atoms with Gasteiger partial charge in [0, 0.05) is 12.8 Å². The van der Waals surface area contributed by atoms with Gasteiger partial charge >= 0.3 is 5.97 Å². The first-order chi connectivity index (χ1) is 24.7. The second-order valence-electron chi connectivity index (χ2n) is 19.4. The van der Waals surface area contributed by atoms with Gasteiger partial charge in [-0.25, -0.2) is 0 Å². The van der Waals surface area contributed by atoms with Crippen LogP contribution in [-0.4, -0.2) is 12.1 Å². The van der Waals surface area contributed by atoms with E-state index in [1.165, 1.54) is 161 Å². The molecule has 3 fully saturated rings. The Labute approximate surface area is 318 Å². The Hall–Kier alpha value is -1.05. The molecule has 0 aliphatic heterocycles. The number of hydrogen-bond acceptors (Lipinski definition) is 2. The Morgan fingerprint density at radius 3 is 2.02 bits per heavy atom. The Morgan fingerprint density at radius 1 is 0.745 bits per heavy atom. The lowest BCUT2D eigenvalue weighted by Gasteiger charge is -2.58. The molecule has 0 spiro atoms. The zero-order valence-corrected chi connectivity index (χ0v) is 35.1. The molecule has 4 rings (SSSR count). The van der Waals surface area contributed by atoms with Gasteiger partial charge in [-0.1, -0.05) is 162 Å². The first kappa shape index (κ1) is 42.7. The average Bonchev–Trinajstić information content (AvgIpc) is 3.46. The van der Waals surface area contributed by atoms with Crippen molar-refractivity contribution in [3.05, 3.63) is 23.8 Å². The molecule has 2 nitrogen and oxygen atoms in total. The maximum Gasteiger partial charge on any atom is 0.306 e. The monoisotopic (exact) mass is 707 g/mol. The molecule has 0 bridgehead atoms. The normalized spacial score (nSPS) is 31.0. The number of unbranched alkanes of at least 4 members (excludes halogenated alkanes) is 15. The van der Waals surface area contributed by atoms with E-state index in [9.17, 15) is 4.79 Å². The summed E-state index contributed by atoms with van der Waals surface area (Å²) in [6.45, 7) is 15.0. The second-order valence-corrected chi connectivity index (χ2v) is 19.4. The third-order valence-electron chi connectivity index (χ3n) is 15.2. The number of esters is 1. The molecule has 0 N–H and O–H groups in total. The minimum Gasteiger partial charge on any atom is -0.462 e. The number of allylic oxidation sites excluding steroid dienone is 3. The SMILES string of the molecule is CCCCCCCC/C=C/CCCCCCCCCCCC(=O)O[C@H]1CC[C@]2(C)C(=CC[C@H]3[C@@H]4CC[C@H]([C@H](C)CCCC(C)C)[C@]4(C)CC[C@@H]32)C1. The van der Waals surface area contributed by atoms with Gasteiger partial charge in [-0.05, 0) is 123 Å². The van der Waals surface area contributed by atoms with Crippen molar-refractivity contribution >= 4 is 5.97 Å². The zero-order valence-electron chi connectivity index (χ0n) is 35.1. The minimum absolute atomic E-state index is 0.0619. The molecule has 4 aliphatic rings. The van der Waals surface area contributed by atoms with E-state index in [1.54, 1.807) is 5.57 Å². The van der Waals surface area contributed by atoms with E-state index in [-0.39, 0.29) is 12.1 Å². The molecule has 0 aromatic rings. The molecular formula is C49H86O2. The average molecular weight is 707 g/mol. The van der Waals surface area contributed by atoms with Gasteiger partial charge in [0.05, 0.1) is 0 Å². The van der Waals surface area contributed by atoms with Gasteiger partial charge < -0.3 is 4.74 Å². The van der Waals surface area contributed by atoms with E-state index in [2.05, 4.69) is 59.8 Å². The van der Waals surface area contributed by atoms with Crippen molar-refractivity contribution in [3.63, 3.8) is 0 Å². The predicted molar refractivity (Wildman–Crippen MR) is 221 cm³/mol. The van der Waals surface area contributed by atoms with Gasteiger partial charge in [0.15, 0.2) is 0 Å². The minimum atomic E-state index is 0.0619. The highest BCUT2D eigenvalue weighted by molar-refractivity contribution is 5.69. The first-order valence-electron chi connectivity index (χ1n) is 23.2. The molecule has 0 heterocycles. The highest BCUT2D eigenvalue weighted by Crippen LogP contribution is 2.67. The van der Waals surface area contributed by atoms with E-state index in [4.69, 9.17) is 4.74 Å². The van der Waals surface area contributed by atoms with Crippen molar-refractivity contribution in [1.29, 1.82) is 0 Å². The van der Waals surface area contributed by atoms with Gasteiger partial charge in [-0.15, -0.1) is 0 Å². The van der Waals surface area contributed by atoms with E-state index in [0.717, 1.165) is 54.8 Å². The maximum atomic E-state index is 12.9. The number of rotatable bonds is 25. The summed E-state index contributed by atoms with van der Waals surface area (Å²) in [6, 6.07) is 0. The molecule has 0 aromatic heterocycles.